The van der Waals surface area contributed by atoms with Gasteiger partial charge >= 0.3 is 0 Å². The summed E-state index contributed by atoms with van der Waals surface area (Å²) in [5.41, 5.74) is 8.27. The summed E-state index contributed by atoms with van der Waals surface area (Å²) in [6, 6.07) is 0. The molecule has 0 amide bonds. The quantitative estimate of drug-likeness (QED) is 0.436. The molecule has 0 radical (unpaired) electrons. The molecule has 0 bridgehead atoms. The molecule has 0 saturated heterocycles. The topological polar surface area (TPSA) is 6.02 Å². The normalized spacial score (nSPS) is 17.2. The van der Waals surface area contributed by atoms with E-state index in [1.54, 1.807) is 0 Å². The molecule has 0 saturated carbocycles. The standard InChI is InChI=1S/C14H24N2/c1-9-10(2)14(16(7)8)12(4)11(3)13(9)15(5)6/h1-8H3/q+2. The second kappa shape index (κ2) is 4.36. The maximum absolute atomic E-state index is 2.21. The van der Waals surface area contributed by atoms with Gasteiger partial charge in [0.05, 0.1) is 0 Å². The maximum atomic E-state index is 2.21. The molecular formula is C14H24N2+2. The van der Waals surface area contributed by atoms with Crippen LogP contribution in [0.1, 0.15) is 27.7 Å². The highest BCUT2D eigenvalue weighted by Gasteiger charge is 2.30. The van der Waals surface area contributed by atoms with Gasteiger partial charge in [-0.15, -0.1) is 0 Å². The van der Waals surface area contributed by atoms with Crippen molar-refractivity contribution < 1.29 is 9.15 Å². The Morgan fingerprint density at radius 1 is 0.500 bits per heavy atom. The smallest absolute Gasteiger partial charge is 0.206 e. The summed E-state index contributed by atoms with van der Waals surface area (Å²) < 4.78 is 4.42. The largest absolute Gasteiger partial charge is 0.235 e. The third kappa shape index (κ3) is 1.89. The molecule has 0 N–H and O–H groups in total. The summed E-state index contributed by atoms with van der Waals surface area (Å²) in [4.78, 5) is 0. The minimum absolute atomic E-state index is 1.36. The van der Waals surface area contributed by atoms with Crippen molar-refractivity contribution in [2.24, 2.45) is 0 Å². The summed E-state index contributed by atoms with van der Waals surface area (Å²) in [6.07, 6.45) is 0. The average Bonchev–Trinajstić information content (AvgIpc) is 2.14. The highest BCUT2D eigenvalue weighted by molar-refractivity contribution is 6.25. The van der Waals surface area contributed by atoms with Crippen LogP contribution in [-0.4, -0.2) is 48.8 Å². The molecule has 0 aliphatic heterocycles. The molecule has 0 atom stereocenters. The molecule has 1 aliphatic rings. The molecule has 0 aromatic carbocycles. The molecule has 16 heavy (non-hydrogen) atoms. The van der Waals surface area contributed by atoms with Gasteiger partial charge in [0.1, 0.15) is 28.2 Å². The molecule has 1 rings (SSSR count). The molecule has 0 spiro atoms. The van der Waals surface area contributed by atoms with Crippen LogP contribution in [0, 0.1) is 0 Å². The summed E-state index contributed by atoms with van der Waals surface area (Å²) in [7, 11) is 8.46. The van der Waals surface area contributed by atoms with E-state index < -0.39 is 0 Å². The lowest BCUT2D eigenvalue weighted by Gasteiger charge is -2.18. The van der Waals surface area contributed by atoms with E-state index in [2.05, 4.69) is 65.0 Å². The van der Waals surface area contributed by atoms with Gasteiger partial charge in [-0.1, -0.05) is 0 Å². The van der Waals surface area contributed by atoms with Crippen LogP contribution in [0.5, 0.6) is 0 Å². The van der Waals surface area contributed by atoms with Crippen molar-refractivity contribution in [2.75, 3.05) is 28.2 Å². The summed E-state index contributed by atoms with van der Waals surface area (Å²) in [6.45, 7) is 8.85. The van der Waals surface area contributed by atoms with Crippen LogP contribution < -0.4 is 0 Å². The minimum atomic E-state index is 1.36. The van der Waals surface area contributed by atoms with Gasteiger partial charge in [-0.2, -0.15) is 0 Å². The van der Waals surface area contributed by atoms with Crippen molar-refractivity contribution >= 4 is 11.4 Å². The second-order valence-corrected chi connectivity index (χ2v) is 4.99. The summed E-state index contributed by atoms with van der Waals surface area (Å²) >= 11 is 0. The Labute approximate surface area is 99.3 Å². The van der Waals surface area contributed by atoms with Gasteiger partial charge in [-0.05, 0) is 27.7 Å². The first-order valence-corrected chi connectivity index (χ1v) is 5.74. The van der Waals surface area contributed by atoms with E-state index in [9.17, 15) is 0 Å². The lowest BCUT2D eigenvalue weighted by molar-refractivity contribution is -0.465. The van der Waals surface area contributed by atoms with E-state index in [0.717, 1.165) is 0 Å². The highest BCUT2D eigenvalue weighted by atomic mass is 15.0. The molecule has 1 aliphatic carbocycles. The van der Waals surface area contributed by atoms with Gasteiger partial charge in [0.2, 0.25) is 11.4 Å². The van der Waals surface area contributed by atoms with Crippen LogP contribution in [0.25, 0.3) is 0 Å². The highest BCUT2D eigenvalue weighted by Crippen LogP contribution is 2.25. The molecule has 88 valence electrons. The van der Waals surface area contributed by atoms with Crippen molar-refractivity contribution in [1.29, 1.82) is 0 Å². The zero-order valence-corrected chi connectivity index (χ0v) is 11.9. The first kappa shape index (κ1) is 12.9. The fourth-order valence-corrected chi connectivity index (χ4v) is 2.61. The van der Waals surface area contributed by atoms with Crippen molar-refractivity contribution in [3.8, 4) is 0 Å². The Balaban J connectivity index is 3.64. The third-order valence-corrected chi connectivity index (χ3v) is 3.44. The first-order chi connectivity index (χ1) is 7.29. The molecular weight excluding hydrogens is 196 g/mol. The maximum Gasteiger partial charge on any atom is 0.206 e. The van der Waals surface area contributed by atoms with Crippen molar-refractivity contribution in [1.82, 2.24) is 0 Å². The molecule has 2 heteroatoms. The Bertz CT molecular complexity index is 377. The Morgan fingerprint density at radius 2 is 0.688 bits per heavy atom. The number of hydrogen-bond donors (Lipinski definition) is 0. The SMILES string of the molecule is CC1=C(C)C(=[N+](C)C)C(C)=C(C)C1=[N+](C)C. The Hall–Kier alpha value is -1.18. The minimum Gasteiger partial charge on any atom is -0.235 e. The van der Waals surface area contributed by atoms with Gasteiger partial charge in [0, 0.05) is 22.3 Å². The second-order valence-electron chi connectivity index (χ2n) is 4.99. The van der Waals surface area contributed by atoms with Gasteiger partial charge in [0.25, 0.3) is 0 Å². The van der Waals surface area contributed by atoms with E-state index in [-0.39, 0.29) is 0 Å². The van der Waals surface area contributed by atoms with Gasteiger partial charge < -0.3 is 0 Å². The molecule has 0 fully saturated rings. The van der Waals surface area contributed by atoms with E-state index in [1.807, 2.05) is 0 Å². The predicted molar refractivity (Wildman–Crippen MR) is 71.0 cm³/mol. The van der Waals surface area contributed by atoms with E-state index in [4.69, 9.17) is 0 Å². The van der Waals surface area contributed by atoms with Gasteiger partial charge in [-0.25, -0.2) is 9.15 Å². The lowest BCUT2D eigenvalue weighted by Crippen LogP contribution is -2.29. The molecule has 0 aromatic heterocycles. The van der Waals surface area contributed by atoms with Crippen LogP contribution in [-0.2, 0) is 0 Å². The average molecular weight is 220 g/mol. The Morgan fingerprint density at radius 3 is 0.812 bits per heavy atom. The number of nitrogens with zero attached hydrogens (tertiary/aromatic N) is 2. The third-order valence-electron chi connectivity index (χ3n) is 3.44. The number of allylic oxidation sites excluding steroid dienone is 4. The van der Waals surface area contributed by atoms with E-state index in [1.165, 1.54) is 33.7 Å². The van der Waals surface area contributed by atoms with Crippen molar-refractivity contribution in [2.45, 2.75) is 27.7 Å². The lowest BCUT2D eigenvalue weighted by atomic mass is 9.85. The molecule has 0 unspecified atom stereocenters. The van der Waals surface area contributed by atoms with E-state index in [0.29, 0.717) is 0 Å². The zero-order valence-electron chi connectivity index (χ0n) is 11.9. The van der Waals surface area contributed by atoms with Crippen LogP contribution in [0.2, 0.25) is 0 Å². The fraction of sp³-hybridized carbons (Fsp3) is 0.571. The fourth-order valence-electron chi connectivity index (χ4n) is 2.61. The predicted octanol–water partition coefficient (Wildman–Crippen LogP) is 2.10. The van der Waals surface area contributed by atoms with E-state index >= 15 is 0 Å². The summed E-state index contributed by atoms with van der Waals surface area (Å²) in [5, 5.41) is 0. The van der Waals surface area contributed by atoms with Crippen LogP contribution in [0.15, 0.2) is 22.3 Å². The summed E-state index contributed by atoms with van der Waals surface area (Å²) in [5.74, 6) is 0. The van der Waals surface area contributed by atoms with Crippen molar-refractivity contribution in [3.63, 3.8) is 0 Å². The Kier molecular flexibility index (Phi) is 3.51. The molecule has 0 heterocycles. The molecule has 2 nitrogen and oxygen atoms in total. The number of hydrogen-bond acceptors (Lipinski definition) is 0. The number of rotatable bonds is 0. The van der Waals surface area contributed by atoms with Crippen LogP contribution in [0.3, 0.4) is 0 Å². The molecule has 0 aromatic rings. The van der Waals surface area contributed by atoms with Gasteiger partial charge in [0.15, 0.2) is 0 Å². The monoisotopic (exact) mass is 220 g/mol. The van der Waals surface area contributed by atoms with Crippen LogP contribution >= 0.6 is 0 Å². The zero-order chi connectivity index (χ0) is 12.6. The van der Waals surface area contributed by atoms with Crippen LogP contribution in [0.4, 0.5) is 0 Å². The van der Waals surface area contributed by atoms with Crippen molar-refractivity contribution in [3.05, 3.63) is 22.3 Å². The van der Waals surface area contributed by atoms with Gasteiger partial charge in [-0.3, -0.25) is 0 Å². The first-order valence-electron chi connectivity index (χ1n) is 5.74.